The molecule has 3 N–H and O–H groups in total. The molecule has 7 nitrogen and oxygen atoms in total. The number of nitrogens with one attached hydrogen (secondary N) is 1. The first kappa shape index (κ1) is 17.0. The van der Waals surface area contributed by atoms with Gasteiger partial charge in [0.05, 0.1) is 25.0 Å². The lowest BCUT2D eigenvalue weighted by atomic mass is 10.2. The van der Waals surface area contributed by atoms with Gasteiger partial charge in [0, 0.05) is 18.8 Å². The summed E-state index contributed by atoms with van der Waals surface area (Å²) in [7, 11) is 0. The summed E-state index contributed by atoms with van der Waals surface area (Å²) in [5.41, 5.74) is 8.62. The van der Waals surface area contributed by atoms with Crippen LogP contribution in [0.1, 0.15) is 18.4 Å². The number of hydrogen-bond acceptors (Lipinski definition) is 7. The van der Waals surface area contributed by atoms with Crippen LogP contribution >= 0.6 is 0 Å². The maximum Gasteiger partial charge on any atom is 0.159 e. The SMILES string of the molecule is Cc1cccc(Nc2ncnc(N(CCC#N)CCC#N)c2N)c1. The van der Waals surface area contributed by atoms with Crippen LogP contribution in [0.5, 0.6) is 0 Å². The number of nitriles is 2. The Labute approximate surface area is 141 Å². The Morgan fingerprint density at radius 3 is 2.50 bits per heavy atom. The first-order valence-corrected chi connectivity index (χ1v) is 7.58. The van der Waals surface area contributed by atoms with Crippen LogP contribution in [0, 0.1) is 29.6 Å². The summed E-state index contributed by atoms with van der Waals surface area (Å²) in [4.78, 5) is 10.3. The number of benzene rings is 1. The quantitative estimate of drug-likeness (QED) is 0.805. The maximum absolute atomic E-state index is 8.81. The van der Waals surface area contributed by atoms with E-state index in [0.29, 0.717) is 43.3 Å². The summed E-state index contributed by atoms with van der Waals surface area (Å²) in [5.74, 6) is 1.04. The highest BCUT2D eigenvalue weighted by Crippen LogP contribution is 2.28. The van der Waals surface area contributed by atoms with E-state index in [1.54, 1.807) is 0 Å². The van der Waals surface area contributed by atoms with E-state index in [-0.39, 0.29) is 0 Å². The van der Waals surface area contributed by atoms with E-state index in [2.05, 4.69) is 27.4 Å². The van der Waals surface area contributed by atoms with Crippen molar-refractivity contribution in [1.82, 2.24) is 9.97 Å². The number of nitrogen functional groups attached to an aromatic ring is 1. The second-order valence-electron chi connectivity index (χ2n) is 5.26. The molecule has 1 heterocycles. The molecule has 0 saturated heterocycles. The highest BCUT2D eigenvalue weighted by atomic mass is 15.2. The van der Waals surface area contributed by atoms with Crippen molar-refractivity contribution >= 4 is 23.0 Å². The normalized spacial score (nSPS) is 9.79. The summed E-state index contributed by atoms with van der Waals surface area (Å²) in [6.45, 7) is 2.93. The van der Waals surface area contributed by atoms with Crippen molar-refractivity contribution < 1.29 is 0 Å². The fraction of sp³-hybridized carbons (Fsp3) is 0.294. The van der Waals surface area contributed by atoms with E-state index in [4.69, 9.17) is 16.3 Å². The van der Waals surface area contributed by atoms with Crippen molar-refractivity contribution in [3.8, 4) is 12.1 Å². The summed E-state index contributed by atoms with van der Waals surface area (Å²) in [5, 5.41) is 20.8. The molecular weight excluding hydrogens is 302 g/mol. The Hall–Kier alpha value is -3.32. The Balaban J connectivity index is 2.27. The number of nitrogens with two attached hydrogens (primary N) is 1. The summed E-state index contributed by atoms with van der Waals surface area (Å²) in [6, 6.07) is 12.1. The third-order valence-electron chi connectivity index (χ3n) is 3.43. The zero-order chi connectivity index (χ0) is 17.4. The molecule has 0 aliphatic rings. The minimum atomic E-state index is 0.329. The number of aryl methyl sites for hydroxylation is 1. The van der Waals surface area contributed by atoms with Gasteiger partial charge in [0.15, 0.2) is 11.6 Å². The monoisotopic (exact) mass is 321 g/mol. The van der Waals surface area contributed by atoms with E-state index in [1.165, 1.54) is 6.33 Å². The minimum Gasteiger partial charge on any atom is -0.393 e. The van der Waals surface area contributed by atoms with Gasteiger partial charge in [-0.05, 0) is 24.6 Å². The van der Waals surface area contributed by atoms with Gasteiger partial charge in [-0.25, -0.2) is 9.97 Å². The molecule has 0 atom stereocenters. The second-order valence-corrected chi connectivity index (χ2v) is 5.26. The molecule has 0 fully saturated rings. The lowest BCUT2D eigenvalue weighted by Gasteiger charge is -2.23. The highest BCUT2D eigenvalue weighted by Gasteiger charge is 2.15. The molecule has 0 bridgehead atoms. The van der Waals surface area contributed by atoms with Crippen LogP contribution in [0.25, 0.3) is 0 Å². The molecule has 1 aromatic carbocycles. The number of aromatic nitrogens is 2. The third-order valence-corrected chi connectivity index (χ3v) is 3.43. The number of hydrogen-bond donors (Lipinski definition) is 2. The van der Waals surface area contributed by atoms with Crippen molar-refractivity contribution in [2.45, 2.75) is 19.8 Å². The van der Waals surface area contributed by atoms with Gasteiger partial charge in [-0.15, -0.1) is 0 Å². The van der Waals surface area contributed by atoms with Crippen molar-refractivity contribution in [1.29, 1.82) is 10.5 Å². The third kappa shape index (κ3) is 4.34. The first-order valence-electron chi connectivity index (χ1n) is 7.58. The average molecular weight is 321 g/mol. The predicted octanol–water partition coefficient (Wildman–Crippen LogP) is 2.74. The van der Waals surface area contributed by atoms with E-state index in [0.717, 1.165) is 11.3 Å². The first-order chi connectivity index (χ1) is 11.7. The fourth-order valence-electron chi connectivity index (χ4n) is 2.29. The molecule has 7 heteroatoms. The molecule has 2 aromatic rings. The largest absolute Gasteiger partial charge is 0.393 e. The van der Waals surface area contributed by atoms with Crippen LogP contribution in [0.15, 0.2) is 30.6 Å². The molecule has 0 unspecified atom stereocenters. The van der Waals surface area contributed by atoms with E-state index in [9.17, 15) is 0 Å². The standard InChI is InChI=1S/C17H19N7/c1-13-5-2-6-14(11-13)23-16-15(20)17(22-12-21-16)24(9-3-7-18)10-4-8-19/h2,5-6,11-12H,3-4,9-10,20H2,1H3,(H,21,22,23). The molecule has 0 spiro atoms. The van der Waals surface area contributed by atoms with Crippen LogP contribution in [0.3, 0.4) is 0 Å². The van der Waals surface area contributed by atoms with Crippen molar-refractivity contribution in [2.75, 3.05) is 29.0 Å². The van der Waals surface area contributed by atoms with E-state index < -0.39 is 0 Å². The van der Waals surface area contributed by atoms with Gasteiger partial charge in [-0.3, -0.25) is 0 Å². The van der Waals surface area contributed by atoms with Crippen LogP contribution in [0.4, 0.5) is 23.0 Å². The van der Waals surface area contributed by atoms with Gasteiger partial charge in [-0.2, -0.15) is 10.5 Å². The van der Waals surface area contributed by atoms with Gasteiger partial charge in [-0.1, -0.05) is 12.1 Å². The molecular formula is C17H19N7. The second kappa shape index (κ2) is 8.35. The van der Waals surface area contributed by atoms with Gasteiger partial charge < -0.3 is 16.0 Å². The molecule has 0 saturated carbocycles. The Morgan fingerprint density at radius 2 is 1.88 bits per heavy atom. The lowest BCUT2D eigenvalue weighted by Crippen LogP contribution is -2.27. The van der Waals surface area contributed by atoms with Crippen LogP contribution < -0.4 is 16.0 Å². The maximum atomic E-state index is 8.81. The van der Waals surface area contributed by atoms with E-state index >= 15 is 0 Å². The molecule has 1 aromatic heterocycles. The topological polar surface area (TPSA) is 115 Å². The van der Waals surface area contributed by atoms with Crippen molar-refractivity contribution in [2.24, 2.45) is 0 Å². The number of rotatable bonds is 7. The zero-order valence-electron chi connectivity index (χ0n) is 13.5. The smallest absolute Gasteiger partial charge is 0.159 e. The van der Waals surface area contributed by atoms with E-state index in [1.807, 2.05) is 36.1 Å². The summed E-state index contributed by atoms with van der Waals surface area (Å²) >= 11 is 0. The van der Waals surface area contributed by atoms with Crippen LogP contribution in [-0.4, -0.2) is 23.1 Å². The minimum absolute atomic E-state index is 0.329. The molecule has 2 rings (SSSR count). The zero-order valence-corrected chi connectivity index (χ0v) is 13.5. The Morgan fingerprint density at radius 1 is 1.17 bits per heavy atom. The molecule has 0 amide bonds. The molecule has 122 valence electrons. The van der Waals surface area contributed by atoms with Gasteiger partial charge in [0.1, 0.15) is 12.0 Å². The Bertz CT molecular complexity index is 755. The predicted molar refractivity (Wildman–Crippen MR) is 93.6 cm³/mol. The van der Waals surface area contributed by atoms with Gasteiger partial charge >= 0.3 is 0 Å². The molecule has 24 heavy (non-hydrogen) atoms. The number of nitrogens with zero attached hydrogens (tertiary/aromatic N) is 5. The number of anilines is 4. The average Bonchev–Trinajstić information content (AvgIpc) is 2.57. The van der Waals surface area contributed by atoms with Crippen LogP contribution in [-0.2, 0) is 0 Å². The van der Waals surface area contributed by atoms with Gasteiger partial charge in [0.25, 0.3) is 0 Å². The fourth-order valence-corrected chi connectivity index (χ4v) is 2.29. The lowest BCUT2D eigenvalue weighted by molar-refractivity contribution is 0.782. The molecule has 0 radical (unpaired) electrons. The molecule has 0 aliphatic heterocycles. The van der Waals surface area contributed by atoms with Gasteiger partial charge in [0.2, 0.25) is 0 Å². The highest BCUT2D eigenvalue weighted by molar-refractivity contribution is 5.78. The molecule has 0 aliphatic carbocycles. The Kier molecular flexibility index (Phi) is 5.93. The van der Waals surface area contributed by atoms with Crippen molar-refractivity contribution in [3.05, 3.63) is 36.2 Å². The van der Waals surface area contributed by atoms with Crippen molar-refractivity contribution in [3.63, 3.8) is 0 Å². The van der Waals surface area contributed by atoms with Crippen LogP contribution in [0.2, 0.25) is 0 Å². The summed E-state index contributed by atoms with van der Waals surface area (Å²) < 4.78 is 0. The summed E-state index contributed by atoms with van der Waals surface area (Å²) in [6.07, 6.45) is 2.08.